The number of carbonyl (C=O) groups is 1. The highest BCUT2D eigenvalue weighted by Crippen LogP contribution is 2.33. The van der Waals surface area contributed by atoms with Gasteiger partial charge in [0.2, 0.25) is 0 Å². The van der Waals surface area contributed by atoms with Crippen molar-refractivity contribution < 1.29 is 4.79 Å². The molecule has 0 heterocycles. The molecule has 14 heavy (non-hydrogen) atoms. The van der Waals surface area contributed by atoms with Gasteiger partial charge in [-0.05, 0) is 18.8 Å². The third-order valence-electron chi connectivity index (χ3n) is 3.26. The molecule has 2 atom stereocenters. The van der Waals surface area contributed by atoms with Gasteiger partial charge in [0.1, 0.15) is 0 Å². The van der Waals surface area contributed by atoms with Gasteiger partial charge in [0.15, 0.2) is 5.78 Å². The fourth-order valence-electron chi connectivity index (χ4n) is 2.35. The van der Waals surface area contributed by atoms with E-state index in [1.54, 1.807) is 0 Å². The minimum Gasteiger partial charge on any atom is -0.294 e. The summed E-state index contributed by atoms with van der Waals surface area (Å²) in [5.41, 5.74) is 0.881. The van der Waals surface area contributed by atoms with Crippen molar-refractivity contribution in [1.29, 1.82) is 0 Å². The van der Waals surface area contributed by atoms with Crippen LogP contribution in [0.5, 0.6) is 0 Å². The van der Waals surface area contributed by atoms with Gasteiger partial charge in [-0.2, -0.15) is 0 Å². The number of hydrogen-bond donors (Lipinski definition) is 0. The van der Waals surface area contributed by atoms with E-state index in [2.05, 4.69) is 6.92 Å². The van der Waals surface area contributed by atoms with Crippen LogP contribution in [0.1, 0.15) is 36.5 Å². The summed E-state index contributed by atoms with van der Waals surface area (Å²) in [7, 11) is 0. The Morgan fingerprint density at radius 1 is 1.21 bits per heavy atom. The van der Waals surface area contributed by atoms with Gasteiger partial charge in [-0.3, -0.25) is 4.79 Å². The van der Waals surface area contributed by atoms with Gasteiger partial charge in [0, 0.05) is 11.5 Å². The second-order valence-corrected chi connectivity index (χ2v) is 4.24. The molecule has 0 aromatic heterocycles. The number of hydrogen-bond acceptors (Lipinski definition) is 1. The van der Waals surface area contributed by atoms with Gasteiger partial charge in [-0.15, -0.1) is 0 Å². The normalized spacial score (nSPS) is 26.4. The number of benzene rings is 1. The zero-order chi connectivity index (χ0) is 9.97. The average molecular weight is 188 g/mol. The van der Waals surface area contributed by atoms with E-state index in [-0.39, 0.29) is 5.92 Å². The Balaban J connectivity index is 2.16. The zero-order valence-electron chi connectivity index (χ0n) is 8.57. The van der Waals surface area contributed by atoms with Crippen LogP contribution in [0, 0.1) is 11.8 Å². The van der Waals surface area contributed by atoms with Crippen LogP contribution in [0.4, 0.5) is 0 Å². The van der Waals surface area contributed by atoms with Gasteiger partial charge in [-0.25, -0.2) is 0 Å². The summed E-state index contributed by atoms with van der Waals surface area (Å²) in [6.07, 6.45) is 3.50. The van der Waals surface area contributed by atoms with Crippen molar-refractivity contribution >= 4 is 5.78 Å². The Bertz CT molecular complexity index is 315. The molecule has 74 valence electrons. The summed E-state index contributed by atoms with van der Waals surface area (Å²) >= 11 is 0. The van der Waals surface area contributed by atoms with Crippen LogP contribution < -0.4 is 0 Å². The maximum Gasteiger partial charge on any atom is 0.166 e. The van der Waals surface area contributed by atoms with E-state index in [0.717, 1.165) is 12.0 Å². The van der Waals surface area contributed by atoms with Crippen LogP contribution >= 0.6 is 0 Å². The predicted molar refractivity (Wildman–Crippen MR) is 57.3 cm³/mol. The number of ketones is 1. The van der Waals surface area contributed by atoms with Crippen molar-refractivity contribution in [2.75, 3.05) is 0 Å². The molecule has 0 amide bonds. The Hall–Kier alpha value is -1.11. The molecule has 1 aliphatic carbocycles. The van der Waals surface area contributed by atoms with Crippen LogP contribution in [0.25, 0.3) is 0 Å². The molecule has 0 radical (unpaired) electrons. The van der Waals surface area contributed by atoms with Gasteiger partial charge < -0.3 is 0 Å². The first-order valence-electron chi connectivity index (χ1n) is 5.38. The lowest BCUT2D eigenvalue weighted by molar-refractivity contribution is 0.0897. The first-order chi connectivity index (χ1) is 6.79. The molecule has 2 rings (SSSR count). The van der Waals surface area contributed by atoms with E-state index in [1.165, 1.54) is 12.8 Å². The smallest absolute Gasteiger partial charge is 0.166 e. The van der Waals surface area contributed by atoms with E-state index in [1.807, 2.05) is 30.3 Å². The van der Waals surface area contributed by atoms with E-state index in [4.69, 9.17) is 0 Å². The topological polar surface area (TPSA) is 17.1 Å². The minimum atomic E-state index is 0.275. The number of rotatable bonds is 2. The second kappa shape index (κ2) is 3.95. The Morgan fingerprint density at radius 2 is 1.93 bits per heavy atom. The van der Waals surface area contributed by atoms with Gasteiger partial charge in [0.25, 0.3) is 0 Å². The Labute approximate surface area is 85.1 Å². The highest BCUT2D eigenvalue weighted by Gasteiger charge is 2.29. The molecule has 1 aromatic rings. The summed E-state index contributed by atoms with van der Waals surface area (Å²) in [5.74, 6) is 1.19. The summed E-state index contributed by atoms with van der Waals surface area (Å²) in [5, 5.41) is 0. The quantitative estimate of drug-likeness (QED) is 0.651. The molecule has 1 aliphatic rings. The van der Waals surface area contributed by atoms with Crippen LogP contribution in [0.15, 0.2) is 30.3 Å². The lowest BCUT2D eigenvalue weighted by Crippen LogP contribution is -2.16. The van der Waals surface area contributed by atoms with E-state index in [0.29, 0.717) is 11.7 Å². The van der Waals surface area contributed by atoms with Crippen molar-refractivity contribution in [1.82, 2.24) is 0 Å². The molecule has 1 saturated carbocycles. The maximum absolute atomic E-state index is 12.1. The zero-order valence-corrected chi connectivity index (χ0v) is 8.57. The van der Waals surface area contributed by atoms with Crippen LogP contribution in [-0.4, -0.2) is 5.78 Å². The molecular weight excluding hydrogens is 172 g/mol. The van der Waals surface area contributed by atoms with Gasteiger partial charge in [-0.1, -0.05) is 43.7 Å². The maximum atomic E-state index is 12.1. The van der Waals surface area contributed by atoms with Crippen molar-refractivity contribution in [3.8, 4) is 0 Å². The Kier molecular flexibility index (Phi) is 2.67. The molecule has 0 bridgehead atoms. The molecule has 0 spiro atoms. The van der Waals surface area contributed by atoms with Crippen molar-refractivity contribution in [3.05, 3.63) is 35.9 Å². The lowest BCUT2D eigenvalue weighted by Gasteiger charge is -2.13. The standard InChI is InChI=1S/C13H16O/c1-10-6-5-9-12(10)13(14)11-7-3-2-4-8-11/h2-4,7-8,10,12H,5-6,9H2,1H3/t10-,12-/m1/s1. The molecule has 1 heteroatoms. The molecule has 1 aromatic carbocycles. The SMILES string of the molecule is C[C@@H]1CCC[C@H]1C(=O)c1ccccc1. The van der Waals surface area contributed by atoms with E-state index < -0.39 is 0 Å². The monoisotopic (exact) mass is 188 g/mol. The van der Waals surface area contributed by atoms with Crippen molar-refractivity contribution in [2.45, 2.75) is 26.2 Å². The number of carbonyl (C=O) groups excluding carboxylic acids is 1. The van der Waals surface area contributed by atoms with Crippen LogP contribution in [0.2, 0.25) is 0 Å². The summed E-state index contributed by atoms with van der Waals surface area (Å²) in [6, 6.07) is 9.68. The molecule has 0 N–H and O–H groups in total. The summed E-state index contributed by atoms with van der Waals surface area (Å²) < 4.78 is 0. The largest absolute Gasteiger partial charge is 0.294 e. The molecule has 1 fully saturated rings. The fourth-order valence-corrected chi connectivity index (χ4v) is 2.35. The molecule has 1 nitrogen and oxygen atoms in total. The lowest BCUT2D eigenvalue weighted by atomic mass is 9.90. The van der Waals surface area contributed by atoms with Crippen molar-refractivity contribution in [3.63, 3.8) is 0 Å². The molecule has 0 unspecified atom stereocenters. The van der Waals surface area contributed by atoms with E-state index >= 15 is 0 Å². The van der Waals surface area contributed by atoms with Gasteiger partial charge >= 0.3 is 0 Å². The van der Waals surface area contributed by atoms with E-state index in [9.17, 15) is 4.79 Å². The van der Waals surface area contributed by atoms with Crippen LogP contribution in [-0.2, 0) is 0 Å². The average Bonchev–Trinajstić information content (AvgIpc) is 2.65. The number of Topliss-reactive ketones (excluding diaryl/α,β-unsaturated/α-hetero) is 1. The summed E-state index contributed by atoms with van der Waals surface area (Å²) in [6.45, 7) is 2.19. The molecular formula is C13H16O. The third-order valence-corrected chi connectivity index (χ3v) is 3.26. The van der Waals surface area contributed by atoms with Gasteiger partial charge in [0.05, 0.1) is 0 Å². The molecule has 0 saturated heterocycles. The fraction of sp³-hybridized carbons (Fsp3) is 0.462. The highest BCUT2D eigenvalue weighted by atomic mass is 16.1. The predicted octanol–water partition coefficient (Wildman–Crippen LogP) is 3.31. The summed E-state index contributed by atoms with van der Waals surface area (Å²) in [4.78, 5) is 12.1. The minimum absolute atomic E-state index is 0.275. The first-order valence-corrected chi connectivity index (χ1v) is 5.38. The third kappa shape index (κ3) is 1.72. The Morgan fingerprint density at radius 3 is 2.50 bits per heavy atom. The van der Waals surface area contributed by atoms with Crippen LogP contribution in [0.3, 0.4) is 0 Å². The first kappa shape index (κ1) is 9.45. The van der Waals surface area contributed by atoms with Crippen molar-refractivity contribution in [2.24, 2.45) is 11.8 Å². The molecule has 0 aliphatic heterocycles. The highest BCUT2D eigenvalue weighted by molar-refractivity contribution is 5.98. The second-order valence-electron chi connectivity index (χ2n) is 4.24.